The minimum absolute atomic E-state index is 0.0464. The highest BCUT2D eigenvalue weighted by atomic mass is 32.1. The second-order valence-corrected chi connectivity index (χ2v) is 4.62. The van der Waals surface area contributed by atoms with Crippen molar-refractivity contribution in [3.8, 4) is 0 Å². The summed E-state index contributed by atoms with van der Waals surface area (Å²) in [5.74, 6) is 0.356. The van der Waals surface area contributed by atoms with Crippen LogP contribution < -0.4 is 0 Å². The average molecular weight is 208 g/mol. The van der Waals surface area contributed by atoms with Crippen LogP contribution in [0.4, 0.5) is 0 Å². The highest BCUT2D eigenvalue weighted by Gasteiger charge is 2.26. The lowest BCUT2D eigenvalue weighted by Crippen LogP contribution is -2.22. The van der Waals surface area contributed by atoms with Crippen LogP contribution in [0.5, 0.6) is 0 Å². The van der Waals surface area contributed by atoms with Crippen LogP contribution in [0.15, 0.2) is 17.5 Å². The molecule has 2 nitrogen and oxygen atoms in total. The first kappa shape index (κ1) is 9.59. The monoisotopic (exact) mass is 208 g/mol. The van der Waals surface area contributed by atoms with Crippen LogP contribution in [0.3, 0.4) is 0 Å². The second-order valence-electron chi connectivity index (χ2n) is 3.67. The number of hydrogen-bond donors (Lipinski definition) is 0. The first-order chi connectivity index (χ1) is 6.77. The number of carbonyl (C=O) groups is 2. The van der Waals surface area contributed by atoms with E-state index in [0.717, 1.165) is 17.7 Å². The van der Waals surface area contributed by atoms with Crippen LogP contribution in [-0.4, -0.2) is 11.6 Å². The summed E-state index contributed by atoms with van der Waals surface area (Å²) in [7, 11) is 0. The summed E-state index contributed by atoms with van der Waals surface area (Å²) in [5.41, 5.74) is 0. The Morgan fingerprint density at radius 3 is 3.00 bits per heavy atom. The minimum Gasteiger partial charge on any atom is -0.300 e. The second kappa shape index (κ2) is 4.05. The molecule has 2 rings (SSSR count). The van der Waals surface area contributed by atoms with E-state index in [1.807, 2.05) is 17.5 Å². The Balaban J connectivity index is 2.08. The molecule has 0 bridgehead atoms. The van der Waals surface area contributed by atoms with Crippen LogP contribution in [0.1, 0.15) is 35.4 Å². The van der Waals surface area contributed by atoms with E-state index in [0.29, 0.717) is 12.8 Å². The third-order valence-corrected chi connectivity index (χ3v) is 3.50. The normalized spacial score (nSPS) is 22.3. The van der Waals surface area contributed by atoms with E-state index < -0.39 is 0 Å². The maximum atomic E-state index is 11.9. The summed E-state index contributed by atoms with van der Waals surface area (Å²) in [4.78, 5) is 23.9. The number of hydrogen-bond acceptors (Lipinski definition) is 3. The summed E-state index contributed by atoms with van der Waals surface area (Å²) < 4.78 is 0. The molecule has 1 atom stereocenters. The van der Waals surface area contributed by atoms with Gasteiger partial charge in [0.2, 0.25) is 0 Å². The molecule has 0 aromatic carbocycles. The molecule has 0 amide bonds. The summed E-state index contributed by atoms with van der Waals surface area (Å²) in [6, 6.07) is 3.72. The van der Waals surface area contributed by atoms with Crippen molar-refractivity contribution in [2.24, 2.45) is 5.92 Å². The highest BCUT2D eigenvalue weighted by molar-refractivity contribution is 7.12. The van der Waals surface area contributed by atoms with Gasteiger partial charge >= 0.3 is 0 Å². The molecular weight excluding hydrogens is 196 g/mol. The fourth-order valence-corrected chi connectivity index (χ4v) is 2.61. The molecule has 14 heavy (non-hydrogen) atoms. The van der Waals surface area contributed by atoms with Gasteiger partial charge in [-0.15, -0.1) is 11.3 Å². The van der Waals surface area contributed by atoms with Crippen molar-refractivity contribution in [1.29, 1.82) is 0 Å². The molecule has 1 fully saturated rings. The lowest BCUT2D eigenvalue weighted by Gasteiger charge is -2.18. The maximum absolute atomic E-state index is 11.9. The van der Waals surface area contributed by atoms with E-state index in [1.165, 1.54) is 11.3 Å². The van der Waals surface area contributed by atoms with E-state index in [2.05, 4.69) is 0 Å². The Labute approximate surface area is 86.9 Å². The first-order valence-electron chi connectivity index (χ1n) is 4.87. The lowest BCUT2D eigenvalue weighted by atomic mass is 9.85. The number of carbonyl (C=O) groups excluding carboxylic acids is 2. The third kappa shape index (κ3) is 1.93. The lowest BCUT2D eigenvalue weighted by molar-refractivity contribution is -0.121. The fourth-order valence-electron chi connectivity index (χ4n) is 1.87. The maximum Gasteiger partial charge on any atom is 0.176 e. The number of thiophene rings is 1. The summed E-state index contributed by atoms with van der Waals surface area (Å²) >= 11 is 1.47. The topological polar surface area (TPSA) is 34.1 Å². The Morgan fingerprint density at radius 2 is 2.36 bits per heavy atom. The van der Waals surface area contributed by atoms with E-state index >= 15 is 0 Å². The third-order valence-electron chi connectivity index (χ3n) is 2.62. The minimum atomic E-state index is -0.0464. The van der Waals surface area contributed by atoms with Gasteiger partial charge in [0, 0.05) is 18.8 Å². The average Bonchev–Trinajstić information content (AvgIpc) is 2.69. The van der Waals surface area contributed by atoms with Crippen molar-refractivity contribution >= 4 is 22.9 Å². The van der Waals surface area contributed by atoms with Crippen molar-refractivity contribution in [2.75, 3.05) is 0 Å². The zero-order chi connectivity index (χ0) is 9.97. The zero-order valence-electron chi connectivity index (χ0n) is 7.86. The number of rotatable bonds is 2. The Kier molecular flexibility index (Phi) is 2.77. The van der Waals surface area contributed by atoms with Gasteiger partial charge in [0.25, 0.3) is 0 Å². The van der Waals surface area contributed by atoms with Gasteiger partial charge in [0.05, 0.1) is 4.88 Å². The SMILES string of the molecule is O=C1CCCC(C(=O)c2cccs2)C1. The van der Waals surface area contributed by atoms with Crippen LogP contribution in [0.25, 0.3) is 0 Å². The Bertz CT molecular complexity index is 340. The summed E-state index contributed by atoms with van der Waals surface area (Å²) in [6.07, 6.45) is 2.87. The molecule has 1 heterocycles. The van der Waals surface area contributed by atoms with Gasteiger partial charge < -0.3 is 0 Å². The molecule has 1 aliphatic rings. The largest absolute Gasteiger partial charge is 0.300 e. The molecule has 1 aromatic rings. The van der Waals surface area contributed by atoms with E-state index in [1.54, 1.807) is 0 Å². The van der Waals surface area contributed by atoms with Crippen molar-refractivity contribution < 1.29 is 9.59 Å². The summed E-state index contributed by atoms with van der Waals surface area (Å²) in [5, 5.41) is 1.90. The van der Waals surface area contributed by atoms with Crippen LogP contribution in [-0.2, 0) is 4.79 Å². The quantitative estimate of drug-likeness (QED) is 0.700. The van der Waals surface area contributed by atoms with Crippen LogP contribution >= 0.6 is 11.3 Å². The molecule has 0 spiro atoms. The van der Waals surface area contributed by atoms with Crippen LogP contribution in [0, 0.1) is 5.92 Å². The van der Waals surface area contributed by atoms with E-state index in [4.69, 9.17) is 0 Å². The standard InChI is InChI=1S/C11H12O2S/c12-9-4-1-3-8(7-9)11(13)10-5-2-6-14-10/h2,5-6,8H,1,3-4,7H2. The van der Waals surface area contributed by atoms with Gasteiger partial charge in [-0.2, -0.15) is 0 Å². The molecule has 0 saturated heterocycles. The van der Waals surface area contributed by atoms with Gasteiger partial charge in [-0.25, -0.2) is 0 Å². The number of Topliss-reactive ketones (excluding diaryl/α,β-unsaturated/α-hetero) is 2. The highest BCUT2D eigenvalue weighted by Crippen LogP contribution is 2.26. The molecule has 1 unspecified atom stereocenters. The van der Waals surface area contributed by atoms with Crippen LogP contribution in [0.2, 0.25) is 0 Å². The smallest absolute Gasteiger partial charge is 0.176 e. The molecule has 0 radical (unpaired) electrons. The molecule has 74 valence electrons. The predicted octanol–water partition coefficient (Wildman–Crippen LogP) is 2.69. The van der Waals surface area contributed by atoms with Crippen molar-refractivity contribution in [3.05, 3.63) is 22.4 Å². The number of ketones is 2. The predicted molar refractivity (Wildman–Crippen MR) is 55.6 cm³/mol. The zero-order valence-corrected chi connectivity index (χ0v) is 8.68. The fraction of sp³-hybridized carbons (Fsp3) is 0.455. The Hall–Kier alpha value is -0.960. The van der Waals surface area contributed by atoms with Crippen molar-refractivity contribution in [1.82, 2.24) is 0 Å². The van der Waals surface area contributed by atoms with Gasteiger partial charge in [0.1, 0.15) is 5.78 Å². The molecule has 1 aromatic heterocycles. The van der Waals surface area contributed by atoms with Gasteiger partial charge in [0.15, 0.2) is 5.78 Å². The molecular formula is C11H12O2S. The Morgan fingerprint density at radius 1 is 1.50 bits per heavy atom. The van der Waals surface area contributed by atoms with Gasteiger partial charge in [-0.05, 0) is 24.3 Å². The molecule has 0 aliphatic heterocycles. The first-order valence-corrected chi connectivity index (χ1v) is 5.75. The van der Waals surface area contributed by atoms with Gasteiger partial charge in [-0.1, -0.05) is 6.07 Å². The van der Waals surface area contributed by atoms with E-state index in [9.17, 15) is 9.59 Å². The molecule has 0 N–H and O–H groups in total. The molecule has 3 heteroatoms. The van der Waals surface area contributed by atoms with Crippen molar-refractivity contribution in [3.63, 3.8) is 0 Å². The molecule has 1 saturated carbocycles. The van der Waals surface area contributed by atoms with E-state index in [-0.39, 0.29) is 17.5 Å². The van der Waals surface area contributed by atoms with Crippen molar-refractivity contribution in [2.45, 2.75) is 25.7 Å². The van der Waals surface area contributed by atoms with Gasteiger partial charge in [-0.3, -0.25) is 9.59 Å². The summed E-state index contributed by atoms with van der Waals surface area (Å²) in [6.45, 7) is 0. The molecule has 1 aliphatic carbocycles.